The fourth-order valence-electron chi connectivity index (χ4n) is 4.76. The van der Waals surface area contributed by atoms with Gasteiger partial charge in [0.25, 0.3) is 0 Å². The summed E-state index contributed by atoms with van der Waals surface area (Å²) in [6.07, 6.45) is 7.75. The number of carbonyl (C=O) groups excluding carboxylic acids is 2. The summed E-state index contributed by atoms with van der Waals surface area (Å²) in [6.45, 7) is 5.05. The first-order valence-corrected chi connectivity index (χ1v) is 11.7. The van der Waals surface area contributed by atoms with Crippen molar-refractivity contribution in [1.82, 2.24) is 14.8 Å². The Balaban J connectivity index is 1.38. The summed E-state index contributed by atoms with van der Waals surface area (Å²) in [5.41, 5.74) is 4.59. The second-order valence-corrected chi connectivity index (χ2v) is 8.94. The van der Waals surface area contributed by atoms with Gasteiger partial charge < -0.3 is 14.8 Å². The van der Waals surface area contributed by atoms with Crippen molar-refractivity contribution in [2.45, 2.75) is 58.5 Å². The lowest BCUT2D eigenvalue weighted by Crippen LogP contribution is -2.44. The molecule has 5 nitrogen and oxygen atoms in total. The highest BCUT2D eigenvalue weighted by atomic mass is 16.2. The summed E-state index contributed by atoms with van der Waals surface area (Å²) in [4.78, 5) is 26.7. The third-order valence-electron chi connectivity index (χ3n) is 6.57. The Morgan fingerprint density at radius 3 is 2.44 bits per heavy atom. The first kappa shape index (κ1) is 22.1. The van der Waals surface area contributed by atoms with E-state index in [4.69, 9.17) is 0 Å². The number of hydrogen-bond donors (Lipinski definition) is 1. The smallest absolute Gasteiger partial charge is 0.240 e. The van der Waals surface area contributed by atoms with Gasteiger partial charge in [0.2, 0.25) is 11.8 Å². The molecule has 1 aromatic heterocycles. The molecule has 1 saturated carbocycles. The van der Waals surface area contributed by atoms with E-state index in [-0.39, 0.29) is 18.4 Å². The van der Waals surface area contributed by atoms with Gasteiger partial charge in [-0.15, -0.1) is 0 Å². The number of aryl methyl sites for hydroxylation is 1. The molecular weight excluding hydrogens is 398 g/mol. The topological polar surface area (TPSA) is 54.3 Å². The minimum Gasteiger partial charge on any atom is -0.353 e. The lowest BCUT2D eigenvalue weighted by atomic mass is 9.94. The molecule has 2 aromatic carbocycles. The molecule has 0 bridgehead atoms. The van der Waals surface area contributed by atoms with Gasteiger partial charge in [0.15, 0.2) is 0 Å². The number of hydrogen-bond acceptors (Lipinski definition) is 2. The van der Waals surface area contributed by atoms with Crippen LogP contribution in [0.15, 0.2) is 54.7 Å². The van der Waals surface area contributed by atoms with Crippen LogP contribution in [0.1, 0.15) is 44.6 Å². The van der Waals surface area contributed by atoms with Crippen molar-refractivity contribution in [2.75, 3.05) is 13.1 Å². The third-order valence-corrected chi connectivity index (χ3v) is 6.57. The standard InChI is InChI=1S/C27H33N3O2/c1-20-8-10-22(11-9-20)24-13-12-23-14-16-29(26(23)18-24)19-27(32)28-15-17-30(21(2)31)25-6-4-3-5-7-25/h8-14,16,18,25H,3-7,15,17,19H2,1-2H3,(H,28,32). The van der Waals surface area contributed by atoms with Crippen molar-refractivity contribution in [3.63, 3.8) is 0 Å². The summed E-state index contributed by atoms with van der Waals surface area (Å²) >= 11 is 0. The van der Waals surface area contributed by atoms with E-state index in [9.17, 15) is 9.59 Å². The summed E-state index contributed by atoms with van der Waals surface area (Å²) in [5, 5.41) is 4.13. The molecule has 1 fully saturated rings. The molecule has 1 heterocycles. The molecule has 1 aliphatic rings. The van der Waals surface area contributed by atoms with E-state index < -0.39 is 0 Å². The number of fused-ring (bicyclic) bond motifs is 1. The number of rotatable bonds is 7. The predicted octanol–water partition coefficient (Wildman–Crippen LogP) is 4.91. The average molecular weight is 432 g/mol. The third kappa shape index (κ3) is 5.21. The number of benzene rings is 2. The predicted molar refractivity (Wildman–Crippen MR) is 129 cm³/mol. The summed E-state index contributed by atoms with van der Waals surface area (Å²) in [5.74, 6) is 0.0709. The van der Waals surface area contributed by atoms with Gasteiger partial charge in [-0.05, 0) is 48.4 Å². The van der Waals surface area contributed by atoms with Crippen LogP contribution in [0.4, 0.5) is 0 Å². The van der Waals surface area contributed by atoms with E-state index in [1.54, 1.807) is 6.92 Å². The van der Waals surface area contributed by atoms with Gasteiger partial charge in [0.05, 0.1) is 0 Å². The monoisotopic (exact) mass is 431 g/mol. The van der Waals surface area contributed by atoms with Crippen LogP contribution in [0.25, 0.3) is 22.0 Å². The fourth-order valence-corrected chi connectivity index (χ4v) is 4.76. The normalized spacial score (nSPS) is 14.4. The van der Waals surface area contributed by atoms with Crippen LogP contribution in [0.3, 0.4) is 0 Å². The summed E-state index contributed by atoms with van der Waals surface area (Å²) < 4.78 is 1.99. The van der Waals surface area contributed by atoms with E-state index in [1.165, 1.54) is 30.4 Å². The average Bonchev–Trinajstić information content (AvgIpc) is 3.19. The Labute approximate surface area is 190 Å². The van der Waals surface area contributed by atoms with Gasteiger partial charge >= 0.3 is 0 Å². The zero-order chi connectivity index (χ0) is 22.5. The van der Waals surface area contributed by atoms with Crippen LogP contribution >= 0.6 is 0 Å². The number of nitrogens with one attached hydrogen (secondary N) is 1. The highest BCUT2D eigenvalue weighted by molar-refractivity contribution is 5.87. The maximum Gasteiger partial charge on any atom is 0.240 e. The molecule has 4 rings (SSSR count). The molecule has 3 aromatic rings. The number of carbonyl (C=O) groups is 2. The first-order valence-electron chi connectivity index (χ1n) is 11.7. The van der Waals surface area contributed by atoms with Crippen molar-refractivity contribution in [1.29, 1.82) is 0 Å². The second-order valence-electron chi connectivity index (χ2n) is 8.94. The zero-order valence-electron chi connectivity index (χ0n) is 19.1. The van der Waals surface area contributed by atoms with Gasteiger partial charge in [-0.25, -0.2) is 0 Å². The molecule has 0 aliphatic heterocycles. The maximum atomic E-state index is 12.6. The zero-order valence-corrected chi connectivity index (χ0v) is 19.1. The molecule has 2 amide bonds. The molecule has 5 heteroatoms. The van der Waals surface area contributed by atoms with E-state index in [2.05, 4.69) is 54.7 Å². The Kier molecular flexibility index (Phi) is 6.93. The quantitative estimate of drug-likeness (QED) is 0.578. The van der Waals surface area contributed by atoms with Crippen molar-refractivity contribution < 1.29 is 9.59 Å². The first-order chi connectivity index (χ1) is 15.5. The van der Waals surface area contributed by atoms with Crippen LogP contribution in [0.2, 0.25) is 0 Å². The molecule has 0 radical (unpaired) electrons. The number of amides is 2. The largest absolute Gasteiger partial charge is 0.353 e. The van der Waals surface area contributed by atoms with Gasteiger partial charge in [-0.3, -0.25) is 9.59 Å². The number of nitrogens with zero attached hydrogens (tertiary/aromatic N) is 2. The van der Waals surface area contributed by atoms with Gasteiger partial charge in [-0.1, -0.05) is 61.2 Å². The Bertz CT molecular complexity index is 1080. The van der Waals surface area contributed by atoms with Gasteiger partial charge in [0, 0.05) is 37.8 Å². The second kappa shape index (κ2) is 10.0. The lowest BCUT2D eigenvalue weighted by Gasteiger charge is -2.33. The molecule has 1 aliphatic carbocycles. The minimum absolute atomic E-state index is 0.0321. The molecule has 32 heavy (non-hydrogen) atoms. The van der Waals surface area contributed by atoms with Crippen molar-refractivity contribution in [2.24, 2.45) is 0 Å². The maximum absolute atomic E-state index is 12.6. The van der Waals surface area contributed by atoms with Crippen LogP contribution in [-0.4, -0.2) is 40.4 Å². The minimum atomic E-state index is -0.0321. The SMILES string of the molecule is CC(=O)N(CCNC(=O)Cn1ccc2ccc(-c3ccc(C)cc3)cc21)C1CCCCC1. The van der Waals surface area contributed by atoms with Crippen LogP contribution in [0, 0.1) is 6.92 Å². The molecule has 0 atom stereocenters. The molecule has 0 saturated heterocycles. The van der Waals surface area contributed by atoms with E-state index >= 15 is 0 Å². The molecule has 0 spiro atoms. The van der Waals surface area contributed by atoms with E-state index in [0.717, 1.165) is 29.3 Å². The summed E-state index contributed by atoms with van der Waals surface area (Å²) in [6, 6.07) is 17.2. The fraction of sp³-hybridized carbons (Fsp3) is 0.407. The Morgan fingerprint density at radius 2 is 1.72 bits per heavy atom. The Hall–Kier alpha value is -3.08. The van der Waals surface area contributed by atoms with Crippen molar-refractivity contribution in [3.05, 3.63) is 60.3 Å². The highest BCUT2D eigenvalue weighted by Gasteiger charge is 2.22. The van der Waals surface area contributed by atoms with Crippen LogP contribution in [-0.2, 0) is 16.1 Å². The van der Waals surface area contributed by atoms with Gasteiger partial charge in [0.1, 0.15) is 6.54 Å². The molecule has 168 valence electrons. The highest BCUT2D eigenvalue weighted by Crippen LogP contribution is 2.26. The summed E-state index contributed by atoms with van der Waals surface area (Å²) in [7, 11) is 0. The lowest BCUT2D eigenvalue weighted by molar-refractivity contribution is -0.132. The van der Waals surface area contributed by atoms with Crippen molar-refractivity contribution in [3.8, 4) is 11.1 Å². The van der Waals surface area contributed by atoms with Gasteiger partial charge in [-0.2, -0.15) is 0 Å². The van der Waals surface area contributed by atoms with Crippen LogP contribution in [0.5, 0.6) is 0 Å². The molecule has 0 unspecified atom stereocenters. The van der Waals surface area contributed by atoms with E-state index in [1.807, 2.05) is 21.7 Å². The van der Waals surface area contributed by atoms with Crippen LogP contribution < -0.4 is 5.32 Å². The number of aromatic nitrogens is 1. The molecule has 1 N–H and O–H groups in total. The molecular formula is C27H33N3O2. The Morgan fingerprint density at radius 1 is 1.00 bits per heavy atom. The van der Waals surface area contributed by atoms with Crippen molar-refractivity contribution >= 4 is 22.7 Å². The van der Waals surface area contributed by atoms with E-state index in [0.29, 0.717) is 19.1 Å².